The van der Waals surface area contributed by atoms with Crippen molar-refractivity contribution in [1.82, 2.24) is 10.2 Å². The van der Waals surface area contributed by atoms with E-state index in [1.165, 1.54) is 0 Å². The second-order valence-corrected chi connectivity index (χ2v) is 6.45. The van der Waals surface area contributed by atoms with E-state index in [0.29, 0.717) is 13.0 Å². The molecule has 2 atom stereocenters. The van der Waals surface area contributed by atoms with Crippen molar-refractivity contribution in [1.29, 1.82) is 0 Å². The van der Waals surface area contributed by atoms with Gasteiger partial charge in [0.05, 0.1) is 18.6 Å². The molecule has 1 saturated heterocycles. The van der Waals surface area contributed by atoms with Gasteiger partial charge in [0.2, 0.25) is 0 Å². The van der Waals surface area contributed by atoms with Gasteiger partial charge in [0.1, 0.15) is 5.75 Å². The molecular weight excluding hydrogens is 296 g/mol. The Kier molecular flexibility index (Phi) is 4.82. The molecule has 2 N–H and O–H groups in total. The summed E-state index contributed by atoms with van der Waals surface area (Å²) in [7, 11) is 1.60. The Morgan fingerprint density at radius 2 is 2.13 bits per heavy atom. The van der Waals surface area contributed by atoms with Crippen LogP contribution in [0.15, 0.2) is 18.2 Å². The van der Waals surface area contributed by atoms with Gasteiger partial charge in [0.25, 0.3) is 0 Å². The first-order valence-electron chi connectivity index (χ1n) is 7.70. The fraction of sp³-hybridized carbons (Fsp3) is 0.529. The van der Waals surface area contributed by atoms with E-state index in [9.17, 15) is 14.7 Å². The maximum atomic E-state index is 12.4. The Bertz CT molecular complexity index is 617. The van der Waals surface area contributed by atoms with Crippen LogP contribution < -0.4 is 10.1 Å². The summed E-state index contributed by atoms with van der Waals surface area (Å²) in [5.41, 5.74) is 1.13. The van der Waals surface area contributed by atoms with E-state index in [1.54, 1.807) is 18.9 Å². The smallest absolute Gasteiger partial charge is 0.317 e. The maximum absolute atomic E-state index is 12.4. The average Bonchev–Trinajstić information content (AvgIpc) is 2.91. The highest BCUT2D eigenvalue weighted by Crippen LogP contribution is 2.31. The molecule has 2 amide bonds. The molecule has 1 aromatic carbocycles. The van der Waals surface area contributed by atoms with Gasteiger partial charge in [-0.2, -0.15) is 0 Å². The Balaban J connectivity index is 2.06. The summed E-state index contributed by atoms with van der Waals surface area (Å²) >= 11 is 0. The Morgan fingerprint density at radius 3 is 2.70 bits per heavy atom. The normalized spacial score (nSPS) is 21.8. The topological polar surface area (TPSA) is 78.9 Å². The minimum absolute atomic E-state index is 0.228. The number of hydrogen-bond acceptors (Lipinski definition) is 3. The van der Waals surface area contributed by atoms with Crippen molar-refractivity contribution >= 4 is 12.0 Å². The Morgan fingerprint density at radius 1 is 1.43 bits per heavy atom. The minimum atomic E-state index is -0.860. The van der Waals surface area contributed by atoms with Crippen molar-refractivity contribution in [3.63, 3.8) is 0 Å². The van der Waals surface area contributed by atoms with E-state index in [-0.39, 0.29) is 18.6 Å². The lowest BCUT2D eigenvalue weighted by Gasteiger charge is -2.24. The van der Waals surface area contributed by atoms with Gasteiger partial charge in [-0.3, -0.25) is 4.79 Å². The molecule has 1 fully saturated rings. The summed E-state index contributed by atoms with van der Waals surface area (Å²) in [5.74, 6) is -0.138. The van der Waals surface area contributed by atoms with Crippen molar-refractivity contribution in [2.75, 3.05) is 20.2 Å². The maximum Gasteiger partial charge on any atom is 0.317 e. The fourth-order valence-electron chi connectivity index (χ4n) is 2.86. The van der Waals surface area contributed by atoms with Gasteiger partial charge in [-0.25, -0.2) is 4.79 Å². The summed E-state index contributed by atoms with van der Waals surface area (Å²) in [4.78, 5) is 25.2. The largest absolute Gasteiger partial charge is 0.496 e. The van der Waals surface area contributed by atoms with Gasteiger partial charge in [-0.15, -0.1) is 0 Å². The lowest BCUT2D eigenvalue weighted by Crippen LogP contribution is -2.41. The van der Waals surface area contributed by atoms with Crippen LogP contribution in [0, 0.1) is 12.3 Å². The highest BCUT2D eigenvalue weighted by atomic mass is 16.5. The van der Waals surface area contributed by atoms with Crippen molar-refractivity contribution in [3.8, 4) is 5.75 Å². The number of benzene rings is 1. The number of urea groups is 1. The summed E-state index contributed by atoms with van der Waals surface area (Å²) in [6.45, 7) is 6.23. The van der Waals surface area contributed by atoms with Crippen LogP contribution in [0.1, 0.15) is 37.4 Å². The third kappa shape index (κ3) is 3.57. The number of methoxy groups -OCH3 is 1. The van der Waals surface area contributed by atoms with E-state index in [1.807, 2.05) is 32.0 Å². The Hall–Kier alpha value is -2.24. The number of aryl methyl sites for hydroxylation is 1. The number of hydrogen-bond donors (Lipinski definition) is 2. The molecule has 0 aliphatic carbocycles. The van der Waals surface area contributed by atoms with Crippen LogP contribution in [0.2, 0.25) is 0 Å². The molecule has 1 aliphatic heterocycles. The molecule has 1 aromatic rings. The zero-order valence-corrected chi connectivity index (χ0v) is 14.0. The molecule has 0 bridgehead atoms. The number of likely N-dealkylation sites (tertiary alicyclic amines) is 1. The first-order chi connectivity index (χ1) is 10.8. The molecule has 0 saturated carbocycles. The number of nitrogens with one attached hydrogen (secondary N) is 1. The summed E-state index contributed by atoms with van der Waals surface area (Å²) < 4.78 is 5.35. The minimum Gasteiger partial charge on any atom is -0.496 e. The van der Waals surface area contributed by atoms with E-state index in [0.717, 1.165) is 16.9 Å². The third-order valence-corrected chi connectivity index (χ3v) is 4.47. The van der Waals surface area contributed by atoms with Crippen molar-refractivity contribution < 1.29 is 19.4 Å². The molecule has 2 rings (SSSR count). The van der Waals surface area contributed by atoms with Crippen LogP contribution in [-0.2, 0) is 4.79 Å². The number of rotatable bonds is 4. The standard InChI is InChI=1S/C17H24N2O4/c1-11-5-6-14(23-4)13(9-11)12(2)18-16(22)19-8-7-17(3,10-19)15(20)21/h5-6,9,12H,7-8,10H2,1-4H3,(H,18,22)(H,20,21). The number of ether oxygens (including phenoxy) is 1. The van der Waals surface area contributed by atoms with Crippen LogP contribution in [0.5, 0.6) is 5.75 Å². The van der Waals surface area contributed by atoms with Crippen molar-refractivity contribution in [2.45, 2.75) is 33.2 Å². The van der Waals surface area contributed by atoms with Crippen LogP contribution in [-0.4, -0.2) is 42.2 Å². The number of carboxylic acids is 1. The molecule has 0 spiro atoms. The van der Waals surface area contributed by atoms with Gasteiger partial charge < -0.3 is 20.1 Å². The second-order valence-electron chi connectivity index (χ2n) is 6.45. The summed E-state index contributed by atoms with van der Waals surface area (Å²) in [6, 6.07) is 5.34. The number of amides is 2. The Labute approximate surface area is 136 Å². The van der Waals surface area contributed by atoms with E-state index >= 15 is 0 Å². The van der Waals surface area contributed by atoms with Crippen molar-refractivity contribution in [2.24, 2.45) is 5.41 Å². The van der Waals surface area contributed by atoms with E-state index in [2.05, 4.69) is 5.32 Å². The van der Waals surface area contributed by atoms with Crippen LogP contribution in [0.25, 0.3) is 0 Å². The zero-order chi connectivity index (χ0) is 17.2. The summed E-state index contributed by atoms with van der Waals surface area (Å²) in [6.07, 6.45) is 0.470. The molecule has 1 heterocycles. The SMILES string of the molecule is COc1ccc(C)cc1C(C)NC(=O)N1CCC(C)(C(=O)O)C1. The second kappa shape index (κ2) is 6.48. The van der Waals surface area contributed by atoms with Gasteiger partial charge in [0.15, 0.2) is 0 Å². The predicted octanol–water partition coefficient (Wildman–Crippen LogP) is 2.57. The van der Waals surface area contributed by atoms with Gasteiger partial charge >= 0.3 is 12.0 Å². The van der Waals surface area contributed by atoms with Gasteiger partial charge in [-0.1, -0.05) is 17.7 Å². The quantitative estimate of drug-likeness (QED) is 0.893. The van der Waals surface area contributed by atoms with Crippen LogP contribution in [0.3, 0.4) is 0 Å². The first kappa shape index (κ1) is 17.1. The lowest BCUT2D eigenvalue weighted by molar-refractivity contribution is -0.146. The number of carboxylic acid groups (broad SMARTS) is 1. The van der Waals surface area contributed by atoms with Crippen LogP contribution in [0.4, 0.5) is 4.79 Å². The van der Waals surface area contributed by atoms with E-state index < -0.39 is 11.4 Å². The summed E-state index contributed by atoms with van der Waals surface area (Å²) in [5, 5.41) is 12.2. The van der Waals surface area contributed by atoms with E-state index in [4.69, 9.17) is 4.74 Å². The predicted molar refractivity (Wildman–Crippen MR) is 86.6 cm³/mol. The third-order valence-electron chi connectivity index (χ3n) is 4.47. The highest BCUT2D eigenvalue weighted by Gasteiger charge is 2.42. The molecule has 1 aliphatic rings. The van der Waals surface area contributed by atoms with Crippen LogP contribution >= 0.6 is 0 Å². The average molecular weight is 320 g/mol. The monoisotopic (exact) mass is 320 g/mol. The molecule has 6 nitrogen and oxygen atoms in total. The lowest BCUT2D eigenvalue weighted by atomic mass is 9.90. The molecule has 126 valence electrons. The first-order valence-corrected chi connectivity index (χ1v) is 7.70. The number of carbonyl (C=O) groups is 2. The zero-order valence-electron chi connectivity index (χ0n) is 14.0. The van der Waals surface area contributed by atoms with Gasteiger partial charge in [-0.05, 0) is 33.3 Å². The molecule has 23 heavy (non-hydrogen) atoms. The molecule has 0 radical (unpaired) electrons. The number of aliphatic carboxylic acids is 1. The van der Waals surface area contributed by atoms with Gasteiger partial charge in [0, 0.05) is 18.7 Å². The highest BCUT2D eigenvalue weighted by molar-refractivity contribution is 5.79. The molecule has 0 aromatic heterocycles. The fourth-order valence-corrected chi connectivity index (χ4v) is 2.86. The number of carbonyl (C=O) groups excluding carboxylic acids is 1. The molecule has 6 heteroatoms. The molecular formula is C17H24N2O4. The number of nitrogens with zero attached hydrogens (tertiary/aromatic N) is 1. The molecule has 2 unspecified atom stereocenters. The van der Waals surface area contributed by atoms with Crippen molar-refractivity contribution in [3.05, 3.63) is 29.3 Å².